The number of anilines is 1. The maximum Gasteiger partial charge on any atom is 0.223 e. The normalized spacial score (nSPS) is 14.5. The summed E-state index contributed by atoms with van der Waals surface area (Å²) in [6.07, 6.45) is 4.92. The van der Waals surface area contributed by atoms with Crippen molar-refractivity contribution in [2.75, 3.05) is 38.2 Å². The van der Waals surface area contributed by atoms with E-state index in [9.17, 15) is 4.79 Å². The fourth-order valence-corrected chi connectivity index (χ4v) is 3.64. The molecule has 0 N–H and O–H groups in total. The highest BCUT2D eigenvalue weighted by molar-refractivity contribution is 5.77. The molecule has 7 heteroatoms. The van der Waals surface area contributed by atoms with E-state index in [-0.39, 0.29) is 5.91 Å². The summed E-state index contributed by atoms with van der Waals surface area (Å²) in [5.74, 6) is 1.98. The second kappa shape index (κ2) is 7.88. The predicted molar refractivity (Wildman–Crippen MR) is 108 cm³/mol. The smallest absolute Gasteiger partial charge is 0.223 e. The van der Waals surface area contributed by atoms with E-state index in [1.807, 2.05) is 46.8 Å². The van der Waals surface area contributed by atoms with E-state index in [1.165, 1.54) is 0 Å². The second-order valence-corrected chi connectivity index (χ2v) is 7.08. The summed E-state index contributed by atoms with van der Waals surface area (Å²) in [7, 11) is 1.66. The van der Waals surface area contributed by atoms with Crippen molar-refractivity contribution in [3.8, 4) is 5.75 Å². The van der Waals surface area contributed by atoms with Crippen LogP contribution in [0.25, 0.3) is 5.52 Å². The Balaban J connectivity index is 1.33. The molecule has 28 heavy (non-hydrogen) atoms. The van der Waals surface area contributed by atoms with Crippen LogP contribution in [-0.2, 0) is 11.2 Å². The average molecular weight is 379 g/mol. The van der Waals surface area contributed by atoms with Gasteiger partial charge in [-0.15, -0.1) is 0 Å². The summed E-state index contributed by atoms with van der Waals surface area (Å²) in [6, 6.07) is 9.96. The van der Waals surface area contributed by atoms with Crippen molar-refractivity contribution in [2.24, 2.45) is 0 Å². The maximum atomic E-state index is 12.6. The van der Waals surface area contributed by atoms with Crippen LogP contribution in [0.15, 0.2) is 42.7 Å². The fraction of sp³-hybridized carbons (Fsp3) is 0.381. The molecule has 0 bridgehead atoms. The number of ether oxygens (including phenoxy) is 1. The number of amides is 1. The Morgan fingerprint density at radius 3 is 2.61 bits per heavy atom. The molecule has 7 nitrogen and oxygen atoms in total. The molecule has 0 unspecified atom stereocenters. The largest absolute Gasteiger partial charge is 0.497 e. The third kappa shape index (κ3) is 3.78. The van der Waals surface area contributed by atoms with Crippen LogP contribution in [0.4, 0.5) is 5.82 Å². The number of carbonyl (C=O) groups is 1. The van der Waals surface area contributed by atoms with Crippen LogP contribution < -0.4 is 9.64 Å². The molecule has 1 aromatic carbocycles. The number of carbonyl (C=O) groups excluding carboxylic acids is 1. The van der Waals surface area contributed by atoms with E-state index in [2.05, 4.69) is 21.0 Å². The highest BCUT2D eigenvalue weighted by Crippen LogP contribution is 2.21. The molecule has 1 fully saturated rings. The van der Waals surface area contributed by atoms with Gasteiger partial charge in [0, 0.05) is 45.0 Å². The lowest BCUT2D eigenvalue weighted by Crippen LogP contribution is -2.49. The molecular weight excluding hydrogens is 354 g/mol. The summed E-state index contributed by atoms with van der Waals surface area (Å²) in [4.78, 5) is 21.4. The number of aryl methyl sites for hydroxylation is 2. The van der Waals surface area contributed by atoms with Crippen LogP contribution in [0.1, 0.15) is 17.7 Å². The van der Waals surface area contributed by atoms with Crippen molar-refractivity contribution in [1.82, 2.24) is 19.5 Å². The third-order valence-corrected chi connectivity index (χ3v) is 5.21. The Morgan fingerprint density at radius 2 is 1.89 bits per heavy atom. The Bertz CT molecular complexity index is 959. The lowest BCUT2D eigenvalue weighted by Gasteiger charge is -2.35. The first-order valence-electron chi connectivity index (χ1n) is 9.60. The van der Waals surface area contributed by atoms with Gasteiger partial charge in [-0.2, -0.15) is 5.10 Å². The van der Waals surface area contributed by atoms with Crippen molar-refractivity contribution in [1.29, 1.82) is 0 Å². The quantitative estimate of drug-likeness (QED) is 0.681. The van der Waals surface area contributed by atoms with Gasteiger partial charge >= 0.3 is 0 Å². The van der Waals surface area contributed by atoms with Crippen LogP contribution in [0.3, 0.4) is 0 Å². The number of rotatable bonds is 5. The molecule has 1 saturated heterocycles. The molecule has 3 aromatic rings. The van der Waals surface area contributed by atoms with E-state index in [1.54, 1.807) is 13.3 Å². The van der Waals surface area contributed by atoms with Gasteiger partial charge in [0.1, 0.15) is 11.3 Å². The number of hydrogen-bond acceptors (Lipinski definition) is 5. The number of hydrogen-bond donors (Lipinski definition) is 0. The Morgan fingerprint density at radius 1 is 1.14 bits per heavy atom. The van der Waals surface area contributed by atoms with Gasteiger partial charge in [0.25, 0.3) is 0 Å². The minimum atomic E-state index is 0.210. The van der Waals surface area contributed by atoms with Gasteiger partial charge in [0.2, 0.25) is 5.91 Å². The summed E-state index contributed by atoms with van der Waals surface area (Å²) in [5.41, 5.74) is 3.14. The van der Waals surface area contributed by atoms with Gasteiger partial charge < -0.3 is 14.5 Å². The van der Waals surface area contributed by atoms with Crippen LogP contribution >= 0.6 is 0 Å². The second-order valence-electron chi connectivity index (χ2n) is 7.08. The Kier molecular flexibility index (Phi) is 5.14. The number of fused-ring (bicyclic) bond motifs is 1. The standard InChI is InChI=1S/C21H25N5O2/c1-16-15-19-21(22-9-10-26(19)23-16)25-13-11-24(12-14-25)20(27)8-5-17-3-6-18(28-2)7-4-17/h3-4,6-7,9-10,15H,5,8,11-14H2,1-2H3. The average Bonchev–Trinajstić information content (AvgIpc) is 3.12. The highest BCUT2D eigenvalue weighted by atomic mass is 16.5. The highest BCUT2D eigenvalue weighted by Gasteiger charge is 2.23. The molecule has 0 aliphatic carbocycles. The van der Waals surface area contributed by atoms with Gasteiger partial charge in [0.15, 0.2) is 5.82 Å². The molecule has 1 amide bonds. The lowest BCUT2D eigenvalue weighted by molar-refractivity contribution is -0.131. The van der Waals surface area contributed by atoms with Gasteiger partial charge in [-0.1, -0.05) is 12.1 Å². The minimum absolute atomic E-state index is 0.210. The summed E-state index contributed by atoms with van der Waals surface area (Å²) in [5, 5.41) is 4.45. The predicted octanol–water partition coefficient (Wildman–Crippen LogP) is 2.33. The molecule has 1 aliphatic heterocycles. The molecule has 146 valence electrons. The first-order chi connectivity index (χ1) is 13.6. The zero-order valence-electron chi connectivity index (χ0n) is 16.3. The van der Waals surface area contributed by atoms with Crippen LogP contribution in [-0.4, -0.2) is 58.7 Å². The molecule has 3 heterocycles. The Hall–Kier alpha value is -3.09. The van der Waals surface area contributed by atoms with Gasteiger partial charge in [-0.25, -0.2) is 9.50 Å². The lowest BCUT2D eigenvalue weighted by atomic mass is 10.1. The molecular formula is C21H25N5O2. The Labute approximate surface area is 164 Å². The molecule has 0 saturated carbocycles. The molecule has 0 radical (unpaired) electrons. The third-order valence-electron chi connectivity index (χ3n) is 5.21. The maximum absolute atomic E-state index is 12.6. The fourth-order valence-electron chi connectivity index (χ4n) is 3.64. The minimum Gasteiger partial charge on any atom is -0.497 e. The zero-order chi connectivity index (χ0) is 19.5. The molecule has 4 rings (SSSR count). The van der Waals surface area contributed by atoms with E-state index >= 15 is 0 Å². The first-order valence-corrected chi connectivity index (χ1v) is 9.60. The number of benzene rings is 1. The molecule has 1 aliphatic rings. The van der Waals surface area contributed by atoms with Crippen molar-refractivity contribution in [2.45, 2.75) is 19.8 Å². The van der Waals surface area contributed by atoms with Gasteiger partial charge in [-0.05, 0) is 37.1 Å². The molecule has 0 atom stereocenters. The number of piperazine rings is 1. The number of nitrogens with zero attached hydrogens (tertiary/aromatic N) is 5. The van der Waals surface area contributed by atoms with Crippen molar-refractivity contribution < 1.29 is 9.53 Å². The van der Waals surface area contributed by atoms with Crippen molar-refractivity contribution >= 4 is 17.2 Å². The van der Waals surface area contributed by atoms with E-state index in [4.69, 9.17) is 4.74 Å². The summed E-state index contributed by atoms with van der Waals surface area (Å²) in [6.45, 7) is 4.99. The summed E-state index contributed by atoms with van der Waals surface area (Å²) >= 11 is 0. The van der Waals surface area contributed by atoms with Crippen molar-refractivity contribution in [3.63, 3.8) is 0 Å². The molecule has 0 spiro atoms. The van der Waals surface area contributed by atoms with Crippen LogP contribution in [0.2, 0.25) is 0 Å². The van der Waals surface area contributed by atoms with E-state index in [0.29, 0.717) is 6.42 Å². The monoisotopic (exact) mass is 379 g/mol. The van der Waals surface area contributed by atoms with Gasteiger partial charge in [0.05, 0.1) is 12.8 Å². The van der Waals surface area contributed by atoms with Crippen molar-refractivity contribution in [3.05, 3.63) is 54.0 Å². The van der Waals surface area contributed by atoms with Crippen LogP contribution in [0.5, 0.6) is 5.75 Å². The summed E-state index contributed by atoms with van der Waals surface area (Å²) < 4.78 is 7.04. The van der Waals surface area contributed by atoms with Gasteiger partial charge in [-0.3, -0.25) is 4.79 Å². The number of aromatic nitrogens is 3. The van der Waals surface area contributed by atoms with E-state index < -0.39 is 0 Å². The topological polar surface area (TPSA) is 63.0 Å². The van der Waals surface area contributed by atoms with E-state index in [0.717, 1.165) is 60.9 Å². The molecule has 2 aromatic heterocycles. The van der Waals surface area contributed by atoms with Crippen LogP contribution in [0, 0.1) is 6.92 Å². The zero-order valence-corrected chi connectivity index (χ0v) is 16.3. The SMILES string of the molecule is COc1ccc(CCC(=O)N2CCN(c3nccn4nc(C)cc34)CC2)cc1. The first kappa shape index (κ1) is 18.3. The number of methoxy groups -OCH3 is 1.